The molecule has 1 unspecified atom stereocenters. The van der Waals surface area contributed by atoms with Crippen LogP contribution in [0.15, 0.2) is 12.5 Å². The molecule has 0 saturated carbocycles. The molecule has 0 spiro atoms. The molecule has 4 aromatic heterocycles. The smallest absolute Gasteiger partial charge is 0.202 e. The molecule has 4 aromatic rings. The molecule has 0 radical (unpaired) electrons. The number of aromatic nitrogens is 6. The monoisotopic (exact) mass is 414 g/mol. The van der Waals surface area contributed by atoms with Gasteiger partial charge in [-0.05, 0) is 36.2 Å². The van der Waals surface area contributed by atoms with Gasteiger partial charge in [0, 0.05) is 11.9 Å². The maximum atomic E-state index is 6.31. The molecule has 1 aliphatic carbocycles. The van der Waals surface area contributed by atoms with E-state index in [0.717, 1.165) is 40.3 Å². The fourth-order valence-corrected chi connectivity index (χ4v) is 5.80. The number of halogens is 1. The molecule has 0 aliphatic heterocycles. The van der Waals surface area contributed by atoms with Crippen LogP contribution >= 0.6 is 22.9 Å². The second-order valence-electron chi connectivity index (χ2n) is 8.38. The molecular formula is C20H23ClN6S. The first-order valence-electron chi connectivity index (χ1n) is 9.72. The molecule has 6 nitrogen and oxygen atoms in total. The number of hydrogen-bond donors (Lipinski definition) is 0. The third-order valence-corrected chi connectivity index (χ3v) is 7.95. The van der Waals surface area contributed by atoms with Crippen molar-refractivity contribution in [1.29, 1.82) is 0 Å². The largest absolute Gasteiger partial charge is 0.263 e. The molecule has 0 amide bonds. The second kappa shape index (κ2) is 6.26. The molecule has 146 valence electrons. The molecule has 0 fully saturated rings. The van der Waals surface area contributed by atoms with Gasteiger partial charge >= 0.3 is 0 Å². The van der Waals surface area contributed by atoms with Crippen LogP contribution < -0.4 is 0 Å². The van der Waals surface area contributed by atoms with Crippen molar-refractivity contribution in [3.63, 3.8) is 0 Å². The third kappa shape index (κ3) is 2.59. The molecule has 1 aliphatic rings. The van der Waals surface area contributed by atoms with Crippen LogP contribution in [-0.2, 0) is 19.9 Å². The standard InChI is InChI=1S/C20H23ClN6S/c1-5-20(2,3)11-6-7-12-14(8-11)28-19-15(12)18-24-17(25-27(18)10-22-19)16-13(21)9-23-26(16)4/h9-11H,5-8H2,1-4H3. The van der Waals surface area contributed by atoms with Crippen molar-refractivity contribution in [2.24, 2.45) is 18.4 Å². The minimum absolute atomic E-state index is 0.370. The highest BCUT2D eigenvalue weighted by Gasteiger charge is 2.33. The summed E-state index contributed by atoms with van der Waals surface area (Å²) in [7, 11) is 1.85. The fourth-order valence-electron chi connectivity index (χ4n) is 4.29. The zero-order valence-electron chi connectivity index (χ0n) is 16.5. The van der Waals surface area contributed by atoms with Gasteiger partial charge in [0.2, 0.25) is 5.82 Å². The van der Waals surface area contributed by atoms with E-state index in [4.69, 9.17) is 16.6 Å². The van der Waals surface area contributed by atoms with E-state index < -0.39 is 0 Å². The molecule has 0 N–H and O–H groups in total. The van der Waals surface area contributed by atoms with Crippen molar-refractivity contribution in [3.05, 3.63) is 28.0 Å². The van der Waals surface area contributed by atoms with E-state index in [1.165, 1.54) is 23.3 Å². The van der Waals surface area contributed by atoms with E-state index in [1.54, 1.807) is 21.7 Å². The predicted octanol–water partition coefficient (Wildman–Crippen LogP) is 4.93. The number of hydrogen-bond acceptors (Lipinski definition) is 5. The highest BCUT2D eigenvalue weighted by Crippen LogP contribution is 2.45. The van der Waals surface area contributed by atoms with Crippen molar-refractivity contribution >= 4 is 38.8 Å². The average Bonchev–Trinajstić information content (AvgIpc) is 3.34. The van der Waals surface area contributed by atoms with Gasteiger partial charge < -0.3 is 0 Å². The van der Waals surface area contributed by atoms with Crippen LogP contribution in [0.3, 0.4) is 0 Å². The summed E-state index contributed by atoms with van der Waals surface area (Å²) in [4.78, 5) is 12.1. The number of aryl methyl sites for hydroxylation is 2. The van der Waals surface area contributed by atoms with Crippen molar-refractivity contribution in [3.8, 4) is 11.5 Å². The van der Waals surface area contributed by atoms with Crippen molar-refractivity contribution in [1.82, 2.24) is 29.4 Å². The quantitative estimate of drug-likeness (QED) is 0.476. The van der Waals surface area contributed by atoms with Crippen LogP contribution in [0.1, 0.15) is 44.1 Å². The summed E-state index contributed by atoms with van der Waals surface area (Å²) in [5.74, 6) is 1.30. The fraction of sp³-hybridized carbons (Fsp3) is 0.500. The van der Waals surface area contributed by atoms with Gasteiger partial charge in [-0.1, -0.05) is 38.8 Å². The van der Waals surface area contributed by atoms with Crippen LogP contribution in [0.2, 0.25) is 5.02 Å². The highest BCUT2D eigenvalue weighted by atomic mass is 35.5. The molecular weight excluding hydrogens is 392 g/mol. The van der Waals surface area contributed by atoms with Gasteiger partial charge in [0.1, 0.15) is 16.9 Å². The summed E-state index contributed by atoms with van der Waals surface area (Å²) in [6, 6.07) is 0. The van der Waals surface area contributed by atoms with Gasteiger partial charge in [-0.3, -0.25) is 4.68 Å². The van der Waals surface area contributed by atoms with E-state index in [2.05, 4.69) is 36.0 Å². The Kier molecular flexibility index (Phi) is 4.04. The Hall–Kier alpha value is -1.99. The van der Waals surface area contributed by atoms with Crippen LogP contribution in [-0.4, -0.2) is 29.4 Å². The van der Waals surface area contributed by atoms with Crippen molar-refractivity contribution in [2.75, 3.05) is 0 Å². The molecule has 0 bridgehead atoms. The topological polar surface area (TPSA) is 60.9 Å². The molecule has 8 heteroatoms. The van der Waals surface area contributed by atoms with Crippen LogP contribution in [0.5, 0.6) is 0 Å². The summed E-state index contributed by atoms with van der Waals surface area (Å²) < 4.78 is 3.48. The number of rotatable bonds is 3. The van der Waals surface area contributed by atoms with E-state index >= 15 is 0 Å². The van der Waals surface area contributed by atoms with Crippen molar-refractivity contribution < 1.29 is 0 Å². The summed E-state index contributed by atoms with van der Waals surface area (Å²) in [5.41, 5.74) is 3.38. The first kappa shape index (κ1) is 18.1. The lowest BCUT2D eigenvalue weighted by Crippen LogP contribution is -2.28. The Balaban J connectivity index is 1.66. The highest BCUT2D eigenvalue weighted by molar-refractivity contribution is 7.19. The second-order valence-corrected chi connectivity index (χ2v) is 9.87. The number of fused-ring (bicyclic) bond motifs is 5. The lowest BCUT2D eigenvalue weighted by atomic mass is 9.70. The van der Waals surface area contributed by atoms with Gasteiger partial charge in [-0.2, -0.15) is 5.10 Å². The zero-order chi connectivity index (χ0) is 19.6. The van der Waals surface area contributed by atoms with Crippen LogP contribution in [0.25, 0.3) is 27.4 Å². The summed E-state index contributed by atoms with van der Waals surface area (Å²) >= 11 is 8.13. The third-order valence-electron chi connectivity index (χ3n) is 6.51. The summed E-state index contributed by atoms with van der Waals surface area (Å²) in [5, 5.41) is 10.5. The lowest BCUT2D eigenvalue weighted by Gasteiger charge is -2.36. The Bertz CT molecular complexity index is 1180. The van der Waals surface area contributed by atoms with Gasteiger partial charge in [0.05, 0.1) is 16.6 Å². The van der Waals surface area contributed by atoms with Crippen molar-refractivity contribution in [2.45, 2.75) is 46.5 Å². The number of thiophene rings is 1. The molecule has 5 rings (SSSR count). The van der Waals surface area contributed by atoms with Gasteiger partial charge in [-0.25, -0.2) is 14.5 Å². The Labute approximate surface area is 172 Å². The molecule has 1 atom stereocenters. The van der Waals surface area contributed by atoms with E-state index in [0.29, 0.717) is 16.3 Å². The van der Waals surface area contributed by atoms with E-state index in [9.17, 15) is 0 Å². The molecule has 0 aromatic carbocycles. The number of nitrogens with zero attached hydrogens (tertiary/aromatic N) is 6. The van der Waals surface area contributed by atoms with Gasteiger partial charge in [0.15, 0.2) is 5.65 Å². The first-order chi connectivity index (χ1) is 13.4. The van der Waals surface area contributed by atoms with Crippen LogP contribution in [0.4, 0.5) is 0 Å². The Morgan fingerprint density at radius 2 is 2.18 bits per heavy atom. The lowest BCUT2D eigenvalue weighted by molar-refractivity contribution is 0.184. The predicted molar refractivity (Wildman–Crippen MR) is 113 cm³/mol. The molecule has 0 saturated heterocycles. The van der Waals surface area contributed by atoms with Crippen LogP contribution in [0, 0.1) is 11.3 Å². The normalized spacial score (nSPS) is 17.5. The molecule has 28 heavy (non-hydrogen) atoms. The summed E-state index contributed by atoms with van der Waals surface area (Å²) in [6.07, 6.45) is 8.03. The SMILES string of the molecule is CCC(C)(C)C1CCc2c(sc3ncn4nc(-c5c(Cl)cnn5C)nc4c23)C1. The Morgan fingerprint density at radius 1 is 1.36 bits per heavy atom. The maximum Gasteiger partial charge on any atom is 0.202 e. The maximum absolute atomic E-state index is 6.31. The average molecular weight is 415 g/mol. The van der Waals surface area contributed by atoms with E-state index in [-0.39, 0.29) is 0 Å². The minimum atomic E-state index is 0.370. The summed E-state index contributed by atoms with van der Waals surface area (Å²) in [6.45, 7) is 7.09. The zero-order valence-corrected chi connectivity index (χ0v) is 18.1. The van der Waals surface area contributed by atoms with E-state index in [1.807, 2.05) is 18.4 Å². The Morgan fingerprint density at radius 3 is 2.89 bits per heavy atom. The van der Waals surface area contributed by atoms with Gasteiger partial charge in [0.25, 0.3) is 0 Å². The minimum Gasteiger partial charge on any atom is -0.263 e. The van der Waals surface area contributed by atoms with Gasteiger partial charge in [-0.15, -0.1) is 16.4 Å². The first-order valence-corrected chi connectivity index (χ1v) is 10.9. The molecule has 4 heterocycles.